The summed E-state index contributed by atoms with van der Waals surface area (Å²) in [5.41, 5.74) is 1.73. The predicted molar refractivity (Wildman–Crippen MR) is 114 cm³/mol. The summed E-state index contributed by atoms with van der Waals surface area (Å²) in [7, 11) is 1.58. The maximum atomic E-state index is 12.6. The van der Waals surface area contributed by atoms with E-state index in [4.69, 9.17) is 4.74 Å². The molecule has 1 aliphatic rings. The number of carbonyl (C=O) groups excluding carboxylic acids is 1. The van der Waals surface area contributed by atoms with Gasteiger partial charge in [0.05, 0.1) is 18.2 Å². The molecule has 0 aliphatic heterocycles. The van der Waals surface area contributed by atoms with Crippen LogP contribution in [0.1, 0.15) is 23.8 Å². The number of nitrogens with zero attached hydrogens (tertiary/aromatic N) is 1. The summed E-state index contributed by atoms with van der Waals surface area (Å²) in [6.45, 7) is 2.24. The first-order valence-electron chi connectivity index (χ1n) is 9.14. The van der Waals surface area contributed by atoms with Crippen molar-refractivity contribution in [3.8, 4) is 5.75 Å². The molecule has 146 valence electrons. The Labute approximate surface area is 170 Å². The molecule has 0 fully saturated rings. The number of hydrogen-bond donors (Lipinski definition) is 2. The Hall–Kier alpha value is -2.32. The fraction of sp³-hybridized carbons (Fsp3) is 0.350. The average Bonchev–Trinajstić information content (AvgIpc) is 3.04. The number of aromatic amines is 1. The van der Waals surface area contributed by atoms with E-state index >= 15 is 0 Å². The van der Waals surface area contributed by atoms with E-state index in [2.05, 4.69) is 22.2 Å². The second-order valence-corrected chi connectivity index (χ2v) is 9.02. The minimum absolute atomic E-state index is 0.104. The summed E-state index contributed by atoms with van der Waals surface area (Å²) in [4.78, 5) is 34.3. The van der Waals surface area contributed by atoms with Crippen molar-refractivity contribution in [1.82, 2.24) is 9.97 Å². The number of carbonyl (C=O) groups is 1. The van der Waals surface area contributed by atoms with Crippen LogP contribution in [0.4, 0.5) is 5.69 Å². The summed E-state index contributed by atoms with van der Waals surface area (Å²) in [6, 6.07) is 7.18. The van der Waals surface area contributed by atoms with E-state index in [-0.39, 0.29) is 17.2 Å². The molecule has 28 heavy (non-hydrogen) atoms. The minimum Gasteiger partial charge on any atom is -0.497 e. The molecular formula is C20H21N3O3S2. The summed E-state index contributed by atoms with van der Waals surface area (Å²) in [5, 5.41) is 4.04. The Morgan fingerprint density at radius 1 is 1.46 bits per heavy atom. The van der Waals surface area contributed by atoms with Crippen molar-refractivity contribution in [2.45, 2.75) is 31.3 Å². The maximum Gasteiger partial charge on any atom is 0.260 e. The topological polar surface area (TPSA) is 84.1 Å². The molecule has 1 aliphatic carbocycles. The van der Waals surface area contributed by atoms with Gasteiger partial charge in [-0.3, -0.25) is 9.59 Å². The highest BCUT2D eigenvalue weighted by Crippen LogP contribution is 2.36. The number of thioether (sulfide) groups is 1. The van der Waals surface area contributed by atoms with Gasteiger partial charge in [0.25, 0.3) is 5.56 Å². The van der Waals surface area contributed by atoms with Gasteiger partial charge in [0.2, 0.25) is 5.91 Å². The van der Waals surface area contributed by atoms with Gasteiger partial charge >= 0.3 is 0 Å². The van der Waals surface area contributed by atoms with E-state index in [1.165, 1.54) is 22.2 Å². The lowest BCUT2D eigenvalue weighted by atomic mass is 9.89. The van der Waals surface area contributed by atoms with Crippen molar-refractivity contribution >= 4 is 44.9 Å². The van der Waals surface area contributed by atoms with Gasteiger partial charge in [-0.25, -0.2) is 4.98 Å². The van der Waals surface area contributed by atoms with Crippen molar-refractivity contribution in [3.05, 3.63) is 45.1 Å². The number of methoxy groups -OCH3 is 1. The molecular weight excluding hydrogens is 394 g/mol. The van der Waals surface area contributed by atoms with Crippen LogP contribution in [-0.2, 0) is 17.6 Å². The molecule has 0 unspecified atom stereocenters. The summed E-state index contributed by atoms with van der Waals surface area (Å²) in [6.07, 6.45) is 3.07. The lowest BCUT2D eigenvalue weighted by Gasteiger charge is -2.17. The van der Waals surface area contributed by atoms with Gasteiger partial charge in [-0.15, -0.1) is 11.3 Å². The number of anilines is 1. The van der Waals surface area contributed by atoms with Crippen LogP contribution in [0.5, 0.6) is 5.75 Å². The molecule has 1 amide bonds. The average molecular weight is 416 g/mol. The number of nitrogens with one attached hydrogen (secondary N) is 2. The largest absolute Gasteiger partial charge is 0.497 e. The van der Waals surface area contributed by atoms with Crippen molar-refractivity contribution in [2.75, 3.05) is 18.2 Å². The molecule has 0 radical (unpaired) electrons. The molecule has 0 saturated heterocycles. The van der Waals surface area contributed by atoms with Crippen molar-refractivity contribution in [2.24, 2.45) is 5.92 Å². The van der Waals surface area contributed by atoms with Crippen LogP contribution in [0.2, 0.25) is 0 Å². The van der Waals surface area contributed by atoms with E-state index in [1.807, 2.05) is 12.1 Å². The van der Waals surface area contributed by atoms with Crippen LogP contribution >= 0.6 is 23.1 Å². The van der Waals surface area contributed by atoms with Gasteiger partial charge in [-0.2, -0.15) is 0 Å². The molecule has 2 heterocycles. The quantitative estimate of drug-likeness (QED) is 0.488. The molecule has 2 N–H and O–H groups in total. The lowest BCUT2D eigenvalue weighted by molar-refractivity contribution is -0.113. The van der Waals surface area contributed by atoms with E-state index in [0.717, 1.165) is 29.5 Å². The van der Waals surface area contributed by atoms with Crippen LogP contribution in [0.15, 0.2) is 34.2 Å². The first kappa shape index (κ1) is 19.0. The first-order chi connectivity index (χ1) is 13.5. The third kappa shape index (κ3) is 3.93. The van der Waals surface area contributed by atoms with E-state index < -0.39 is 0 Å². The van der Waals surface area contributed by atoms with Gasteiger partial charge < -0.3 is 15.0 Å². The van der Waals surface area contributed by atoms with Gasteiger partial charge in [0.1, 0.15) is 10.6 Å². The number of thiophene rings is 1. The zero-order valence-corrected chi connectivity index (χ0v) is 17.3. The SMILES string of the molecule is COc1cccc(NC(=O)CSc2nc3sc4c(c3c(=O)[nH]2)CC[C@@H](C)C4)c1. The van der Waals surface area contributed by atoms with E-state index in [1.54, 1.807) is 30.6 Å². The Bertz CT molecular complexity index is 1090. The highest BCUT2D eigenvalue weighted by Gasteiger charge is 2.23. The second kappa shape index (κ2) is 7.97. The number of rotatable bonds is 5. The van der Waals surface area contributed by atoms with Crippen molar-refractivity contribution in [1.29, 1.82) is 0 Å². The Kier molecular flexibility index (Phi) is 5.41. The molecule has 0 saturated carbocycles. The Morgan fingerprint density at radius 2 is 2.32 bits per heavy atom. The van der Waals surface area contributed by atoms with Gasteiger partial charge in [0.15, 0.2) is 5.16 Å². The fourth-order valence-electron chi connectivity index (χ4n) is 3.43. The third-order valence-electron chi connectivity index (χ3n) is 4.84. The number of fused-ring (bicyclic) bond motifs is 3. The molecule has 6 nitrogen and oxygen atoms in total. The smallest absolute Gasteiger partial charge is 0.260 e. The van der Waals surface area contributed by atoms with Gasteiger partial charge in [-0.1, -0.05) is 24.8 Å². The first-order valence-corrected chi connectivity index (χ1v) is 10.9. The predicted octanol–water partition coefficient (Wildman–Crippen LogP) is 3.85. The molecule has 1 aromatic carbocycles. The minimum atomic E-state index is -0.166. The van der Waals surface area contributed by atoms with Crippen LogP contribution in [0.25, 0.3) is 10.2 Å². The van der Waals surface area contributed by atoms with Crippen molar-refractivity contribution in [3.63, 3.8) is 0 Å². The third-order valence-corrected chi connectivity index (χ3v) is 6.86. The van der Waals surface area contributed by atoms with E-state index in [9.17, 15) is 9.59 Å². The molecule has 8 heteroatoms. The highest BCUT2D eigenvalue weighted by molar-refractivity contribution is 7.99. The molecule has 1 atom stereocenters. The Morgan fingerprint density at radius 3 is 3.14 bits per heavy atom. The van der Waals surface area contributed by atoms with Crippen LogP contribution in [0, 0.1) is 5.92 Å². The van der Waals surface area contributed by atoms with Crippen LogP contribution in [0.3, 0.4) is 0 Å². The second-order valence-electron chi connectivity index (χ2n) is 6.97. The molecule has 4 rings (SSSR count). The summed E-state index contributed by atoms with van der Waals surface area (Å²) in [5.74, 6) is 1.32. The van der Waals surface area contributed by atoms with Gasteiger partial charge in [-0.05, 0) is 42.9 Å². The molecule has 0 spiro atoms. The summed E-state index contributed by atoms with van der Waals surface area (Å²) < 4.78 is 5.16. The zero-order valence-electron chi connectivity index (χ0n) is 15.7. The normalized spacial score (nSPS) is 16.0. The lowest BCUT2D eigenvalue weighted by Crippen LogP contribution is -2.16. The number of aromatic nitrogens is 2. The number of benzene rings is 1. The number of H-pyrrole nitrogens is 1. The van der Waals surface area contributed by atoms with Gasteiger partial charge in [0, 0.05) is 16.6 Å². The maximum absolute atomic E-state index is 12.6. The molecule has 3 aromatic rings. The summed E-state index contributed by atoms with van der Waals surface area (Å²) >= 11 is 2.84. The fourth-order valence-corrected chi connectivity index (χ4v) is 5.53. The standard InChI is InChI=1S/C20H21N3O3S2/c1-11-6-7-14-15(8-11)28-19-17(14)18(25)22-20(23-19)27-10-16(24)21-12-4-3-5-13(9-12)26-2/h3-5,9,11H,6-8,10H2,1-2H3,(H,21,24)(H,22,23,25)/t11-/m1/s1. The van der Waals surface area contributed by atoms with Crippen molar-refractivity contribution < 1.29 is 9.53 Å². The number of aryl methyl sites for hydroxylation is 1. The number of hydrogen-bond acceptors (Lipinski definition) is 6. The van der Waals surface area contributed by atoms with Crippen LogP contribution < -0.4 is 15.6 Å². The number of ether oxygens (including phenoxy) is 1. The molecule has 0 bridgehead atoms. The van der Waals surface area contributed by atoms with E-state index in [0.29, 0.717) is 22.5 Å². The van der Waals surface area contributed by atoms with Crippen LogP contribution in [-0.4, -0.2) is 28.7 Å². The zero-order chi connectivity index (χ0) is 19.7. The molecule has 2 aromatic heterocycles. The highest BCUT2D eigenvalue weighted by atomic mass is 32.2. The monoisotopic (exact) mass is 415 g/mol. The number of amides is 1. The Balaban J connectivity index is 1.47.